The molecule has 94 valence electrons. The van der Waals surface area contributed by atoms with Crippen molar-refractivity contribution >= 4 is 0 Å². The summed E-state index contributed by atoms with van der Waals surface area (Å²) in [5, 5.41) is 0. The zero-order chi connectivity index (χ0) is 11.9. The third-order valence-corrected chi connectivity index (χ3v) is 2.69. The Balaban J connectivity index is 1.84. The number of hydrogen-bond acceptors (Lipinski definition) is 4. The van der Waals surface area contributed by atoms with Crippen molar-refractivity contribution in [3.63, 3.8) is 0 Å². The van der Waals surface area contributed by atoms with Crippen LogP contribution in [0.3, 0.4) is 0 Å². The van der Waals surface area contributed by atoms with Gasteiger partial charge in [-0.05, 0) is 19.1 Å². The van der Waals surface area contributed by atoms with E-state index in [2.05, 4.69) is 4.90 Å². The summed E-state index contributed by atoms with van der Waals surface area (Å²) < 4.78 is 16.7. The minimum Gasteiger partial charge on any atom is -0.478 e. The molecule has 1 aliphatic rings. The van der Waals surface area contributed by atoms with Crippen molar-refractivity contribution in [2.45, 2.75) is 13.2 Å². The van der Waals surface area contributed by atoms with Gasteiger partial charge in [-0.2, -0.15) is 0 Å². The van der Waals surface area contributed by atoms with Crippen LogP contribution >= 0.6 is 0 Å². The van der Waals surface area contributed by atoms with Crippen molar-refractivity contribution in [1.29, 1.82) is 0 Å². The molecule has 1 atom stereocenters. The molecule has 4 heteroatoms. The summed E-state index contributed by atoms with van der Waals surface area (Å²) in [7, 11) is 0. The van der Waals surface area contributed by atoms with Crippen LogP contribution in [0.2, 0.25) is 0 Å². The highest BCUT2D eigenvalue weighted by Gasteiger charge is 2.23. The number of benzene rings is 1. The van der Waals surface area contributed by atoms with Gasteiger partial charge in [0.15, 0.2) is 0 Å². The van der Waals surface area contributed by atoms with E-state index in [1.807, 2.05) is 37.3 Å². The Bertz CT molecular complexity index is 316. The lowest BCUT2D eigenvalue weighted by molar-refractivity contribution is -0.154. The van der Waals surface area contributed by atoms with Crippen molar-refractivity contribution in [3.8, 4) is 5.75 Å². The van der Waals surface area contributed by atoms with E-state index in [0.29, 0.717) is 19.9 Å². The van der Waals surface area contributed by atoms with E-state index in [1.54, 1.807) is 0 Å². The largest absolute Gasteiger partial charge is 0.478 e. The zero-order valence-corrected chi connectivity index (χ0v) is 10.2. The Morgan fingerprint density at radius 3 is 2.94 bits per heavy atom. The van der Waals surface area contributed by atoms with Crippen molar-refractivity contribution < 1.29 is 14.2 Å². The molecule has 1 unspecified atom stereocenters. The van der Waals surface area contributed by atoms with E-state index in [9.17, 15) is 0 Å². The van der Waals surface area contributed by atoms with E-state index in [0.717, 1.165) is 18.9 Å². The van der Waals surface area contributed by atoms with Crippen molar-refractivity contribution in [2.75, 3.05) is 33.1 Å². The number of nitrogens with zero attached hydrogens (tertiary/aromatic N) is 1. The van der Waals surface area contributed by atoms with Crippen LogP contribution in [0.5, 0.6) is 5.75 Å². The van der Waals surface area contributed by atoms with Gasteiger partial charge in [-0.3, -0.25) is 0 Å². The Labute approximate surface area is 102 Å². The van der Waals surface area contributed by atoms with Crippen LogP contribution in [0.4, 0.5) is 0 Å². The molecule has 0 spiro atoms. The molecule has 4 nitrogen and oxygen atoms in total. The fraction of sp³-hybridized carbons (Fsp3) is 0.538. The van der Waals surface area contributed by atoms with E-state index in [1.165, 1.54) is 0 Å². The smallest absolute Gasteiger partial charge is 0.144 e. The molecule has 17 heavy (non-hydrogen) atoms. The predicted octanol–water partition coefficient (Wildman–Crippen LogP) is 1.72. The van der Waals surface area contributed by atoms with E-state index >= 15 is 0 Å². The van der Waals surface area contributed by atoms with Gasteiger partial charge in [0.2, 0.25) is 0 Å². The normalized spacial score (nSPS) is 21.4. The summed E-state index contributed by atoms with van der Waals surface area (Å²) in [5.74, 6) is 0.884. The minimum atomic E-state index is 0.0115. The maximum atomic E-state index is 5.71. The van der Waals surface area contributed by atoms with Crippen molar-refractivity contribution in [3.05, 3.63) is 30.3 Å². The van der Waals surface area contributed by atoms with Gasteiger partial charge in [0, 0.05) is 13.2 Å². The molecular formula is C13H19NO3. The van der Waals surface area contributed by atoms with Gasteiger partial charge in [0.25, 0.3) is 0 Å². The summed E-state index contributed by atoms with van der Waals surface area (Å²) in [6.07, 6.45) is 0.0115. The molecule has 0 amide bonds. The topological polar surface area (TPSA) is 30.9 Å². The first kappa shape index (κ1) is 12.4. The second kappa shape index (κ2) is 6.59. The van der Waals surface area contributed by atoms with Crippen LogP contribution in [0, 0.1) is 0 Å². The maximum absolute atomic E-state index is 5.71. The Hall–Kier alpha value is -1.10. The number of ether oxygens (including phenoxy) is 3. The van der Waals surface area contributed by atoms with Gasteiger partial charge in [0.1, 0.15) is 18.7 Å². The van der Waals surface area contributed by atoms with Gasteiger partial charge in [-0.25, -0.2) is 4.90 Å². The average Bonchev–Trinajstić information content (AvgIpc) is 2.39. The molecule has 1 aromatic rings. The van der Waals surface area contributed by atoms with E-state index in [4.69, 9.17) is 14.2 Å². The fourth-order valence-electron chi connectivity index (χ4n) is 1.78. The van der Waals surface area contributed by atoms with E-state index < -0.39 is 0 Å². The first-order valence-electron chi connectivity index (χ1n) is 6.01. The quantitative estimate of drug-likeness (QED) is 0.780. The average molecular weight is 237 g/mol. The number of rotatable bonds is 5. The van der Waals surface area contributed by atoms with Gasteiger partial charge < -0.3 is 14.2 Å². The third kappa shape index (κ3) is 3.70. The third-order valence-electron chi connectivity index (χ3n) is 2.69. The minimum absolute atomic E-state index is 0.0115. The van der Waals surface area contributed by atoms with Crippen LogP contribution < -0.4 is 4.74 Å². The number of para-hydroxylation sites is 1. The molecule has 0 bridgehead atoms. The maximum Gasteiger partial charge on any atom is 0.144 e. The highest BCUT2D eigenvalue weighted by atomic mass is 16.6. The Morgan fingerprint density at radius 1 is 1.35 bits per heavy atom. The standard InChI is InChI=1S/C13H19NO3/c1-2-16-13-10-15-9-8-14(13)11-17-12-6-4-3-5-7-12/h3-7,13H,2,8-11H2,1H3. The molecular weight excluding hydrogens is 218 g/mol. The summed E-state index contributed by atoms with van der Waals surface area (Å²) in [6, 6.07) is 9.82. The van der Waals surface area contributed by atoms with Crippen molar-refractivity contribution in [1.82, 2.24) is 4.90 Å². The second-order valence-corrected chi connectivity index (χ2v) is 3.88. The lowest BCUT2D eigenvalue weighted by atomic mass is 10.3. The Morgan fingerprint density at radius 2 is 2.18 bits per heavy atom. The van der Waals surface area contributed by atoms with Crippen LogP contribution in [0.1, 0.15) is 6.92 Å². The molecule has 1 aromatic carbocycles. The van der Waals surface area contributed by atoms with Gasteiger partial charge >= 0.3 is 0 Å². The second-order valence-electron chi connectivity index (χ2n) is 3.88. The molecule has 1 heterocycles. The molecule has 0 N–H and O–H groups in total. The molecule has 0 saturated carbocycles. The van der Waals surface area contributed by atoms with Crippen LogP contribution in [0.15, 0.2) is 30.3 Å². The number of morpholine rings is 1. The highest BCUT2D eigenvalue weighted by Crippen LogP contribution is 2.12. The van der Waals surface area contributed by atoms with Crippen LogP contribution in [-0.2, 0) is 9.47 Å². The summed E-state index contributed by atoms with van der Waals surface area (Å²) in [5.41, 5.74) is 0. The Kier molecular flexibility index (Phi) is 4.79. The van der Waals surface area contributed by atoms with Gasteiger partial charge in [-0.15, -0.1) is 0 Å². The monoisotopic (exact) mass is 237 g/mol. The molecule has 2 rings (SSSR count). The fourth-order valence-corrected chi connectivity index (χ4v) is 1.78. The zero-order valence-electron chi connectivity index (χ0n) is 10.2. The lowest BCUT2D eigenvalue weighted by Gasteiger charge is -2.34. The molecule has 1 saturated heterocycles. The molecule has 0 aliphatic carbocycles. The summed E-state index contributed by atoms with van der Waals surface area (Å²) >= 11 is 0. The first-order chi connectivity index (χ1) is 8.40. The summed E-state index contributed by atoms with van der Waals surface area (Å²) in [6.45, 7) is 5.42. The van der Waals surface area contributed by atoms with E-state index in [-0.39, 0.29) is 6.23 Å². The SMILES string of the molecule is CCOC1COCCN1COc1ccccc1. The molecule has 1 aliphatic heterocycles. The number of hydrogen-bond donors (Lipinski definition) is 0. The van der Waals surface area contributed by atoms with Crippen LogP contribution in [0.25, 0.3) is 0 Å². The molecule has 0 radical (unpaired) electrons. The lowest BCUT2D eigenvalue weighted by Crippen LogP contribution is -2.48. The predicted molar refractivity (Wildman–Crippen MR) is 64.9 cm³/mol. The van der Waals surface area contributed by atoms with Gasteiger partial charge in [-0.1, -0.05) is 18.2 Å². The summed E-state index contributed by atoms with van der Waals surface area (Å²) in [4.78, 5) is 2.15. The van der Waals surface area contributed by atoms with Crippen LogP contribution in [-0.4, -0.2) is 44.2 Å². The van der Waals surface area contributed by atoms with Gasteiger partial charge in [0.05, 0.1) is 13.2 Å². The molecule has 1 fully saturated rings. The highest BCUT2D eigenvalue weighted by molar-refractivity contribution is 5.20. The first-order valence-corrected chi connectivity index (χ1v) is 6.01. The molecule has 0 aromatic heterocycles. The van der Waals surface area contributed by atoms with Crippen molar-refractivity contribution in [2.24, 2.45) is 0 Å².